The smallest absolute Gasteiger partial charge is 0.290 e. The lowest BCUT2D eigenvalue weighted by atomic mass is 10.0. The number of alkyl halides is 2. The van der Waals surface area contributed by atoms with Gasteiger partial charge in [0.2, 0.25) is 5.95 Å². The Labute approximate surface area is 159 Å². The van der Waals surface area contributed by atoms with Crippen molar-refractivity contribution in [3.63, 3.8) is 0 Å². The topological polar surface area (TPSA) is 87.6 Å². The molecule has 28 heavy (non-hydrogen) atoms. The van der Waals surface area contributed by atoms with Gasteiger partial charge in [0, 0.05) is 30.6 Å². The number of halogens is 2. The normalized spacial score (nSPS) is 20.5. The number of fused-ring (bicyclic) bond motifs is 2. The van der Waals surface area contributed by atoms with E-state index in [2.05, 4.69) is 15.3 Å². The Morgan fingerprint density at radius 1 is 1.29 bits per heavy atom. The predicted octanol–water partition coefficient (Wildman–Crippen LogP) is 1.48. The number of nitrogens with zero attached hydrogens (tertiary/aromatic N) is 3. The third-order valence-electron chi connectivity index (χ3n) is 5.32. The van der Waals surface area contributed by atoms with Crippen LogP contribution in [0, 0.1) is 0 Å². The third kappa shape index (κ3) is 2.69. The van der Waals surface area contributed by atoms with E-state index in [1.807, 2.05) is 0 Å². The van der Waals surface area contributed by atoms with Crippen LogP contribution in [0.5, 0.6) is 5.75 Å². The van der Waals surface area contributed by atoms with Gasteiger partial charge in [-0.3, -0.25) is 4.79 Å². The predicted molar refractivity (Wildman–Crippen MR) is 95.7 cm³/mol. The van der Waals surface area contributed by atoms with E-state index in [4.69, 9.17) is 4.74 Å². The first-order valence-electron chi connectivity index (χ1n) is 9.20. The van der Waals surface area contributed by atoms with E-state index < -0.39 is 12.0 Å². The van der Waals surface area contributed by atoms with Gasteiger partial charge in [-0.05, 0) is 18.6 Å². The monoisotopic (exact) mass is 388 g/mol. The van der Waals surface area contributed by atoms with Crippen molar-refractivity contribution in [2.75, 3.05) is 31.1 Å². The van der Waals surface area contributed by atoms with E-state index in [-0.39, 0.29) is 30.4 Å². The summed E-state index contributed by atoms with van der Waals surface area (Å²) < 4.78 is 34.5. The van der Waals surface area contributed by atoms with E-state index in [9.17, 15) is 18.7 Å². The summed E-state index contributed by atoms with van der Waals surface area (Å²) in [6, 6.07) is 4.99. The summed E-state index contributed by atoms with van der Waals surface area (Å²) in [7, 11) is 0. The Balaban J connectivity index is 1.64. The van der Waals surface area contributed by atoms with Gasteiger partial charge >= 0.3 is 0 Å². The second kappa shape index (κ2) is 6.10. The molecule has 2 aliphatic heterocycles. The minimum Gasteiger partial charge on any atom is -0.491 e. The molecule has 1 amide bonds. The van der Waals surface area contributed by atoms with Crippen molar-refractivity contribution in [1.82, 2.24) is 15.3 Å². The molecule has 0 spiro atoms. The molecule has 1 aliphatic carbocycles. The van der Waals surface area contributed by atoms with E-state index in [1.54, 1.807) is 23.1 Å². The maximum atomic E-state index is 14.4. The summed E-state index contributed by atoms with van der Waals surface area (Å²) in [4.78, 5) is 22.4. The molecular weight excluding hydrogens is 370 g/mol. The molecule has 0 saturated carbocycles. The molecule has 1 aromatic heterocycles. The highest BCUT2D eigenvalue weighted by Crippen LogP contribution is 2.45. The van der Waals surface area contributed by atoms with Crippen molar-refractivity contribution in [2.45, 2.75) is 24.9 Å². The molecule has 146 valence electrons. The van der Waals surface area contributed by atoms with E-state index in [0.717, 1.165) is 0 Å². The molecule has 9 heteroatoms. The largest absolute Gasteiger partial charge is 0.491 e. The van der Waals surface area contributed by atoms with Crippen LogP contribution in [-0.4, -0.2) is 53.3 Å². The average molecular weight is 388 g/mol. The number of carbonyl (C=O) groups is 1. The molecule has 1 aromatic carbocycles. The Morgan fingerprint density at radius 2 is 2.11 bits per heavy atom. The van der Waals surface area contributed by atoms with Gasteiger partial charge in [0.1, 0.15) is 18.1 Å². The zero-order valence-electron chi connectivity index (χ0n) is 14.9. The van der Waals surface area contributed by atoms with Crippen LogP contribution in [0.25, 0.3) is 11.3 Å². The molecule has 5 rings (SSSR count). The minimum absolute atomic E-state index is 0.180. The zero-order valence-corrected chi connectivity index (χ0v) is 14.9. The van der Waals surface area contributed by atoms with Crippen LogP contribution >= 0.6 is 0 Å². The zero-order chi connectivity index (χ0) is 19.5. The molecule has 2 aromatic rings. The highest BCUT2D eigenvalue weighted by Gasteiger charge is 2.44. The van der Waals surface area contributed by atoms with Crippen LogP contribution < -0.4 is 15.0 Å². The summed E-state index contributed by atoms with van der Waals surface area (Å²) in [6.07, 6.45) is -0.626. The van der Waals surface area contributed by atoms with Crippen LogP contribution in [0.15, 0.2) is 18.2 Å². The first-order valence-corrected chi connectivity index (χ1v) is 9.20. The van der Waals surface area contributed by atoms with Gasteiger partial charge in [0.15, 0.2) is 0 Å². The number of aliphatic hydroxyl groups is 1. The number of aliphatic hydroxyl groups excluding tert-OH is 1. The molecule has 0 unspecified atom stereocenters. The maximum absolute atomic E-state index is 14.4. The molecule has 3 heterocycles. The number of anilines is 1. The number of nitrogens with one attached hydrogen (secondary N) is 1. The van der Waals surface area contributed by atoms with Gasteiger partial charge < -0.3 is 20.1 Å². The van der Waals surface area contributed by atoms with Crippen molar-refractivity contribution in [2.24, 2.45) is 0 Å². The van der Waals surface area contributed by atoms with Crippen LogP contribution in [0.1, 0.15) is 28.0 Å². The number of hydrogen-bond acceptors (Lipinski definition) is 6. The minimum atomic E-state index is -3.01. The second-order valence-corrected chi connectivity index (χ2v) is 7.28. The molecular formula is C19H18F2N4O3. The summed E-state index contributed by atoms with van der Waals surface area (Å²) >= 11 is 0. The fourth-order valence-corrected chi connectivity index (χ4v) is 3.81. The van der Waals surface area contributed by atoms with Crippen molar-refractivity contribution in [3.05, 3.63) is 35.0 Å². The summed E-state index contributed by atoms with van der Waals surface area (Å²) in [5.74, 6) is -2.64. The Morgan fingerprint density at radius 3 is 2.89 bits per heavy atom. The number of ether oxygens (including phenoxy) is 1. The summed E-state index contributed by atoms with van der Waals surface area (Å²) in [6.45, 7) is 1.37. The molecule has 1 saturated heterocycles. The number of rotatable bonds is 2. The number of amides is 1. The molecule has 0 atom stereocenters. The summed E-state index contributed by atoms with van der Waals surface area (Å²) in [5, 5.41) is 12.3. The SMILES string of the molecule is O=C1NCCOc2cc(-c3nc(N4CC(O)C4)nc4c3CCC4(F)F)ccc21. The van der Waals surface area contributed by atoms with E-state index in [0.29, 0.717) is 54.4 Å². The van der Waals surface area contributed by atoms with Gasteiger partial charge in [-0.2, -0.15) is 8.78 Å². The first kappa shape index (κ1) is 17.3. The lowest BCUT2D eigenvalue weighted by Gasteiger charge is -2.36. The lowest BCUT2D eigenvalue weighted by molar-refractivity contribution is -0.00597. The molecule has 2 N–H and O–H groups in total. The average Bonchev–Trinajstić information content (AvgIpc) is 2.84. The Kier molecular flexibility index (Phi) is 3.77. The molecule has 3 aliphatic rings. The van der Waals surface area contributed by atoms with Gasteiger partial charge in [-0.25, -0.2) is 9.97 Å². The van der Waals surface area contributed by atoms with Crippen LogP contribution in [-0.2, 0) is 12.3 Å². The molecule has 7 nitrogen and oxygen atoms in total. The Bertz CT molecular complexity index is 976. The molecule has 0 radical (unpaired) electrons. The maximum Gasteiger partial charge on any atom is 0.290 e. The number of aromatic nitrogens is 2. The number of β-amino-alcohol motifs (C(OH)–C–C–N with tert-alkyl or cyclic N) is 1. The summed E-state index contributed by atoms with van der Waals surface area (Å²) in [5.41, 5.74) is 1.61. The number of hydrogen-bond donors (Lipinski definition) is 2. The highest BCUT2D eigenvalue weighted by atomic mass is 19.3. The van der Waals surface area contributed by atoms with Gasteiger partial charge in [0.25, 0.3) is 11.8 Å². The van der Waals surface area contributed by atoms with Gasteiger partial charge in [-0.15, -0.1) is 0 Å². The third-order valence-corrected chi connectivity index (χ3v) is 5.32. The van der Waals surface area contributed by atoms with E-state index in [1.165, 1.54) is 0 Å². The van der Waals surface area contributed by atoms with E-state index >= 15 is 0 Å². The van der Waals surface area contributed by atoms with Crippen LogP contribution in [0.4, 0.5) is 14.7 Å². The van der Waals surface area contributed by atoms with Gasteiger partial charge in [-0.1, -0.05) is 6.07 Å². The fraction of sp³-hybridized carbons (Fsp3) is 0.421. The first-order chi connectivity index (χ1) is 13.4. The quantitative estimate of drug-likeness (QED) is 0.811. The van der Waals surface area contributed by atoms with Gasteiger partial charge in [0.05, 0.1) is 23.9 Å². The van der Waals surface area contributed by atoms with Crippen molar-refractivity contribution >= 4 is 11.9 Å². The highest BCUT2D eigenvalue weighted by molar-refractivity contribution is 5.98. The lowest BCUT2D eigenvalue weighted by Crippen LogP contribution is -2.51. The molecule has 0 bridgehead atoms. The van der Waals surface area contributed by atoms with Crippen LogP contribution in [0.3, 0.4) is 0 Å². The van der Waals surface area contributed by atoms with Crippen LogP contribution in [0.2, 0.25) is 0 Å². The Hall–Kier alpha value is -2.81. The standard InChI is InChI=1S/C19H18F2N4O3/c20-19(21)4-3-13-15(23-18(24-16(13)19)25-8-11(26)9-25)10-1-2-12-14(7-10)28-6-5-22-17(12)27/h1-2,7,11,26H,3-6,8-9H2,(H,22,27). The second-order valence-electron chi connectivity index (χ2n) is 7.28. The van der Waals surface area contributed by atoms with Crippen molar-refractivity contribution in [1.29, 1.82) is 0 Å². The molecule has 1 fully saturated rings. The number of carbonyl (C=O) groups excluding carboxylic acids is 1. The van der Waals surface area contributed by atoms with Crippen molar-refractivity contribution in [3.8, 4) is 17.0 Å². The fourth-order valence-electron chi connectivity index (χ4n) is 3.81. The number of benzene rings is 1. The van der Waals surface area contributed by atoms with Crippen molar-refractivity contribution < 1.29 is 23.4 Å².